The van der Waals surface area contributed by atoms with Crippen LogP contribution in [0.2, 0.25) is 0 Å². The highest BCUT2D eigenvalue weighted by molar-refractivity contribution is 5.51. The highest BCUT2D eigenvalue weighted by Crippen LogP contribution is 2.18. The van der Waals surface area contributed by atoms with Crippen LogP contribution in [0.15, 0.2) is 18.2 Å². The number of rotatable bonds is 4. The van der Waals surface area contributed by atoms with Gasteiger partial charge in [0.1, 0.15) is 5.82 Å². The molecule has 0 aromatic heterocycles. The summed E-state index contributed by atoms with van der Waals surface area (Å²) in [4.78, 5) is 0. The van der Waals surface area contributed by atoms with Crippen molar-refractivity contribution in [3.8, 4) is 0 Å². The van der Waals surface area contributed by atoms with Crippen molar-refractivity contribution in [2.24, 2.45) is 0 Å². The van der Waals surface area contributed by atoms with Crippen molar-refractivity contribution in [3.05, 3.63) is 29.6 Å². The van der Waals surface area contributed by atoms with Gasteiger partial charge in [-0.15, -0.1) is 0 Å². The molecule has 1 nitrogen and oxygen atoms in total. The van der Waals surface area contributed by atoms with Gasteiger partial charge in [-0.2, -0.15) is 0 Å². The van der Waals surface area contributed by atoms with Crippen molar-refractivity contribution < 1.29 is 4.39 Å². The van der Waals surface area contributed by atoms with Crippen molar-refractivity contribution in [1.29, 1.82) is 0 Å². The number of hydrogen-bond donors (Lipinski definition) is 1. The van der Waals surface area contributed by atoms with E-state index in [0.717, 1.165) is 18.5 Å². The molecule has 0 aliphatic heterocycles. The van der Waals surface area contributed by atoms with Crippen LogP contribution >= 0.6 is 0 Å². The maximum absolute atomic E-state index is 13.2. The van der Waals surface area contributed by atoms with Crippen LogP contribution in [0.4, 0.5) is 10.1 Å². The lowest BCUT2D eigenvalue weighted by Crippen LogP contribution is -2.15. The van der Waals surface area contributed by atoms with Crippen LogP contribution in [0.5, 0.6) is 0 Å². The van der Waals surface area contributed by atoms with Crippen LogP contribution in [-0.2, 0) is 0 Å². The zero-order chi connectivity index (χ0) is 10.6. The summed E-state index contributed by atoms with van der Waals surface area (Å²) in [5.41, 5.74) is 1.61. The van der Waals surface area contributed by atoms with Gasteiger partial charge in [0.2, 0.25) is 0 Å². The molecule has 1 rings (SSSR count). The Labute approximate surface area is 85.3 Å². The second-order valence-electron chi connectivity index (χ2n) is 3.75. The quantitative estimate of drug-likeness (QED) is 0.771. The Morgan fingerprint density at radius 2 is 2.14 bits per heavy atom. The molecule has 14 heavy (non-hydrogen) atoms. The van der Waals surface area contributed by atoms with Crippen molar-refractivity contribution in [2.75, 3.05) is 5.32 Å². The summed E-state index contributed by atoms with van der Waals surface area (Å²) < 4.78 is 13.2. The van der Waals surface area contributed by atoms with E-state index in [1.165, 1.54) is 6.07 Å². The smallest absolute Gasteiger partial charge is 0.128 e. The Morgan fingerprint density at radius 1 is 1.43 bits per heavy atom. The highest BCUT2D eigenvalue weighted by Gasteiger charge is 2.05. The molecule has 1 N–H and O–H groups in total. The molecule has 0 spiro atoms. The SMILES string of the molecule is CCC[C@@H](C)Nc1cccc(F)c1C. The Bertz CT molecular complexity index is 296. The van der Waals surface area contributed by atoms with E-state index in [2.05, 4.69) is 19.2 Å². The number of nitrogens with one attached hydrogen (secondary N) is 1. The summed E-state index contributed by atoms with van der Waals surface area (Å²) in [6, 6.07) is 5.55. The zero-order valence-electron chi connectivity index (χ0n) is 9.10. The monoisotopic (exact) mass is 195 g/mol. The average Bonchev–Trinajstić information content (AvgIpc) is 2.13. The van der Waals surface area contributed by atoms with Gasteiger partial charge in [0.15, 0.2) is 0 Å². The molecule has 0 amide bonds. The Kier molecular flexibility index (Phi) is 3.93. The molecular weight excluding hydrogens is 177 g/mol. The van der Waals surface area contributed by atoms with Crippen LogP contribution in [0.1, 0.15) is 32.3 Å². The molecule has 1 atom stereocenters. The van der Waals surface area contributed by atoms with Gasteiger partial charge in [-0.1, -0.05) is 19.4 Å². The van der Waals surface area contributed by atoms with Crippen molar-refractivity contribution in [2.45, 2.75) is 39.7 Å². The van der Waals surface area contributed by atoms with E-state index in [1.54, 1.807) is 13.0 Å². The Balaban J connectivity index is 2.71. The van der Waals surface area contributed by atoms with Gasteiger partial charge in [-0.05, 0) is 32.4 Å². The molecule has 0 aliphatic carbocycles. The molecule has 0 radical (unpaired) electrons. The first kappa shape index (κ1) is 11.0. The number of anilines is 1. The van der Waals surface area contributed by atoms with Crippen LogP contribution in [-0.4, -0.2) is 6.04 Å². The molecule has 0 saturated carbocycles. The zero-order valence-corrected chi connectivity index (χ0v) is 9.10. The van der Waals surface area contributed by atoms with Crippen molar-refractivity contribution >= 4 is 5.69 Å². The summed E-state index contributed by atoms with van der Waals surface area (Å²) in [5.74, 6) is -0.140. The van der Waals surface area contributed by atoms with Crippen molar-refractivity contribution in [3.63, 3.8) is 0 Å². The molecule has 0 unspecified atom stereocenters. The molecule has 0 bridgehead atoms. The minimum Gasteiger partial charge on any atom is -0.382 e. The van der Waals surface area contributed by atoms with E-state index in [4.69, 9.17) is 0 Å². The molecule has 0 heterocycles. The van der Waals surface area contributed by atoms with E-state index < -0.39 is 0 Å². The van der Waals surface area contributed by atoms with Crippen LogP contribution in [0.3, 0.4) is 0 Å². The maximum atomic E-state index is 13.2. The van der Waals surface area contributed by atoms with Crippen molar-refractivity contribution in [1.82, 2.24) is 0 Å². The molecule has 0 saturated heterocycles. The molecule has 1 aromatic rings. The fourth-order valence-corrected chi connectivity index (χ4v) is 1.53. The highest BCUT2D eigenvalue weighted by atomic mass is 19.1. The second-order valence-corrected chi connectivity index (χ2v) is 3.75. The van der Waals surface area contributed by atoms with Gasteiger partial charge in [-0.3, -0.25) is 0 Å². The summed E-state index contributed by atoms with van der Waals surface area (Å²) >= 11 is 0. The third-order valence-electron chi connectivity index (χ3n) is 2.39. The van der Waals surface area contributed by atoms with E-state index in [9.17, 15) is 4.39 Å². The minimum atomic E-state index is -0.140. The first-order valence-corrected chi connectivity index (χ1v) is 5.16. The first-order valence-electron chi connectivity index (χ1n) is 5.16. The Morgan fingerprint density at radius 3 is 2.79 bits per heavy atom. The van der Waals surface area contributed by atoms with Gasteiger partial charge in [0.25, 0.3) is 0 Å². The standard InChI is InChI=1S/C12H18FN/c1-4-6-9(2)14-12-8-5-7-11(13)10(12)3/h5,7-9,14H,4,6H2,1-3H3/t9-/m1/s1. The molecular formula is C12H18FN. The average molecular weight is 195 g/mol. The number of halogens is 1. The fourth-order valence-electron chi connectivity index (χ4n) is 1.53. The summed E-state index contributed by atoms with van der Waals surface area (Å²) in [7, 11) is 0. The maximum Gasteiger partial charge on any atom is 0.128 e. The topological polar surface area (TPSA) is 12.0 Å². The van der Waals surface area contributed by atoms with Gasteiger partial charge in [-0.25, -0.2) is 4.39 Å². The normalized spacial score (nSPS) is 12.6. The third kappa shape index (κ3) is 2.72. The number of hydrogen-bond acceptors (Lipinski definition) is 1. The second kappa shape index (κ2) is 4.99. The number of benzene rings is 1. The Hall–Kier alpha value is -1.05. The largest absolute Gasteiger partial charge is 0.382 e. The summed E-state index contributed by atoms with van der Waals surface area (Å²) in [6.07, 6.45) is 2.25. The lowest BCUT2D eigenvalue weighted by Gasteiger charge is -2.16. The van der Waals surface area contributed by atoms with E-state index >= 15 is 0 Å². The van der Waals surface area contributed by atoms with Gasteiger partial charge in [0, 0.05) is 17.3 Å². The molecule has 1 aromatic carbocycles. The van der Waals surface area contributed by atoms with Gasteiger partial charge in [0.05, 0.1) is 0 Å². The van der Waals surface area contributed by atoms with Crippen LogP contribution in [0.25, 0.3) is 0 Å². The molecule has 0 fully saturated rings. The molecule has 2 heteroatoms. The predicted molar refractivity (Wildman–Crippen MR) is 59.1 cm³/mol. The predicted octanol–water partition coefficient (Wildman–Crippen LogP) is 3.73. The first-order chi connectivity index (χ1) is 6.65. The fraction of sp³-hybridized carbons (Fsp3) is 0.500. The summed E-state index contributed by atoms with van der Waals surface area (Å²) in [5, 5.41) is 3.31. The summed E-state index contributed by atoms with van der Waals surface area (Å²) in [6.45, 7) is 6.07. The van der Waals surface area contributed by atoms with E-state index in [0.29, 0.717) is 11.6 Å². The van der Waals surface area contributed by atoms with Gasteiger partial charge >= 0.3 is 0 Å². The van der Waals surface area contributed by atoms with E-state index in [-0.39, 0.29) is 5.82 Å². The lowest BCUT2D eigenvalue weighted by molar-refractivity contribution is 0.617. The van der Waals surface area contributed by atoms with Gasteiger partial charge < -0.3 is 5.32 Å². The molecule has 0 aliphatic rings. The third-order valence-corrected chi connectivity index (χ3v) is 2.39. The van der Waals surface area contributed by atoms with E-state index in [1.807, 2.05) is 6.07 Å². The molecule has 78 valence electrons. The van der Waals surface area contributed by atoms with Crippen LogP contribution in [0, 0.1) is 12.7 Å². The lowest BCUT2D eigenvalue weighted by atomic mass is 10.1. The minimum absolute atomic E-state index is 0.140. The van der Waals surface area contributed by atoms with Crippen LogP contribution < -0.4 is 5.32 Å².